The van der Waals surface area contributed by atoms with Crippen molar-refractivity contribution in [1.82, 2.24) is 0 Å². The Hall–Kier alpha value is -1.33. The third-order valence-corrected chi connectivity index (χ3v) is 3.20. The molecule has 1 saturated carbocycles. The zero-order valence-corrected chi connectivity index (χ0v) is 9.65. The Bertz CT molecular complexity index is 381. The van der Waals surface area contributed by atoms with Gasteiger partial charge in [0.15, 0.2) is 0 Å². The zero-order valence-electron chi connectivity index (χ0n) is 9.65. The second-order valence-electron chi connectivity index (χ2n) is 4.37. The van der Waals surface area contributed by atoms with Crippen LogP contribution in [0.4, 0.5) is 0 Å². The molecule has 1 aliphatic rings. The Kier molecular flexibility index (Phi) is 3.26. The number of ether oxygens (including phenoxy) is 1. The van der Waals surface area contributed by atoms with Crippen molar-refractivity contribution in [2.45, 2.75) is 37.7 Å². The van der Waals surface area contributed by atoms with Crippen molar-refractivity contribution in [2.24, 2.45) is 0 Å². The molecular weight excluding hydrogens is 198 g/mol. The topological polar surface area (TPSA) is 33.0 Å². The molecule has 0 amide bonds. The van der Waals surface area contributed by atoms with E-state index in [0.29, 0.717) is 0 Å². The molecule has 0 saturated heterocycles. The fourth-order valence-corrected chi connectivity index (χ4v) is 2.03. The lowest BCUT2D eigenvalue weighted by molar-refractivity contribution is 0.107. The summed E-state index contributed by atoms with van der Waals surface area (Å²) in [7, 11) is 0. The number of benzene rings is 1. The van der Waals surface area contributed by atoms with E-state index in [9.17, 15) is 5.26 Å². The van der Waals surface area contributed by atoms with E-state index in [4.69, 9.17) is 4.74 Å². The number of hydrogen-bond acceptors (Lipinski definition) is 2. The Balaban J connectivity index is 2.01. The molecule has 1 fully saturated rings. The molecule has 1 aromatic carbocycles. The van der Waals surface area contributed by atoms with E-state index in [1.165, 1.54) is 0 Å². The number of nitriles is 1. The molecular formula is C14H17NO. The van der Waals surface area contributed by atoms with Crippen molar-refractivity contribution in [3.8, 4) is 6.07 Å². The summed E-state index contributed by atoms with van der Waals surface area (Å²) in [6.07, 6.45) is 3.16. The van der Waals surface area contributed by atoms with Crippen molar-refractivity contribution in [3.63, 3.8) is 0 Å². The lowest BCUT2D eigenvalue weighted by atomic mass is 9.97. The van der Waals surface area contributed by atoms with Gasteiger partial charge in [0.05, 0.1) is 12.2 Å². The van der Waals surface area contributed by atoms with Gasteiger partial charge in [-0.1, -0.05) is 43.7 Å². The fourth-order valence-electron chi connectivity index (χ4n) is 2.03. The highest BCUT2D eigenvalue weighted by atomic mass is 16.5. The van der Waals surface area contributed by atoms with Crippen LogP contribution in [0.3, 0.4) is 0 Å². The van der Waals surface area contributed by atoms with Crippen LogP contribution in [0.15, 0.2) is 30.3 Å². The average molecular weight is 215 g/mol. The molecule has 2 nitrogen and oxygen atoms in total. The smallest absolute Gasteiger partial charge is 0.111 e. The van der Waals surface area contributed by atoms with Gasteiger partial charge >= 0.3 is 0 Å². The molecule has 2 heteroatoms. The highest BCUT2D eigenvalue weighted by Crippen LogP contribution is 2.49. The summed E-state index contributed by atoms with van der Waals surface area (Å²) in [5.74, 6) is 0. The van der Waals surface area contributed by atoms with Crippen LogP contribution in [-0.4, -0.2) is 12.7 Å². The fraction of sp³-hybridized carbons (Fsp3) is 0.500. The molecule has 1 aliphatic carbocycles. The van der Waals surface area contributed by atoms with Crippen LogP contribution in [0.5, 0.6) is 0 Å². The molecule has 84 valence electrons. The first kappa shape index (κ1) is 11.2. The van der Waals surface area contributed by atoms with Gasteiger partial charge in [-0.05, 0) is 12.0 Å². The quantitative estimate of drug-likeness (QED) is 0.707. The maximum atomic E-state index is 9.31. The predicted octanol–water partition coefficient (Wildman–Crippen LogP) is 3.04. The highest BCUT2D eigenvalue weighted by Gasteiger charge is 2.57. The summed E-state index contributed by atoms with van der Waals surface area (Å²) in [4.78, 5) is 0. The van der Waals surface area contributed by atoms with E-state index in [1.807, 2.05) is 30.3 Å². The molecule has 0 aliphatic heterocycles. The normalized spacial score (nSPS) is 27.4. The Morgan fingerprint density at radius 2 is 2.19 bits per heavy atom. The van der Waals surface area contributed by atoms with Gasteiger partial charge < -0.3 is 4.74 Å². The van der Waals surface area contributed by atoms with Crippen molar-refractivity contribution in [2.75, 3.05) is 6.61 Å². The van der Waals surface area contributed by atoms with E-state index >= 15 is 0 Å². The van der Waals surface area contributed by atoms with Crippen LogP contribution >= 0.6 is 0 Å². The molecule has 0 heterocycles. The summed E-state index contributed by atoms with van der Waals surface area (Å²) in [5.41, 5.74) is 0.730. The SMILES string of the molecule is CCCCO[C@H]1C[C@@]1(C#N)c1ccccc1. The standard InChI is InChI=1S/C14H17NO/c1-2-3-9-16-13-10-14(13,11-15)12-7-5-4-6-8-12/h4-8,13H,2-3,9-10H2,1H3/t13-,14+/m0/s1. The van der Waals surface area contributed by atoms with E-state index < -0.39 is 0 Å². The van der Waals surface area contributed by atoms with E-state index in [2.05, 4.69) is 13.0 Å². The van der Waals surface area contributed by atoms with Gasteiger partial charge in [0.25, 0.3) is 0 Å². The molecule has 0 aromatic heterocycles. The van der Waals surface area contributed by atoms with Gasteiger partial charge in [-0.15, -0.1) is 0 Å². The van der Waals surface area contributed by atoms with Crippen LogP contribution in [0.2, 0.25) is 0 Å². The molecule has 0 unspecified atom stereocenters. The lowest BCUT2D eigenvalue weighted by Crippen LogP contribution is -2.12. The van der Waals surface area contributed by atoms with Gasteiger partial charge in [-0.25, -0.2) is 0 Å². The van der Waals surface area contributed by atoms with Crippen LogP contribution in [0.1, 0.15) is 31.7 Å². The highest BCUT2D eigenvalue weighted by molar-refractivity contribution is 5.42. The van der Waals surface area contributed by atoms with Crippen LogP contribution in [0, 0.1) is 11.3 Å². The minimum Gasteiger partial charge on any atom is -0.376 e. The Morgan fingerprint density at radius 3 is 2.81 bits per heavy atom. The van der Waals surface area contributed by atoms with Crippen LogP contribution in [-0.2, 0) is 10.2 Å². The summed E-state index contributed by atoms with van der Waals surface area (Å²) in [6.45, 7) is 2.92. The lowest BCUT2D eigenvalue weighted by Gasteiger charge is -2.09. The van der Waals surface area contributed by atoms with Gasteiger partial charge in [0, 0.05) is 13.0 Å². The second-order valence-corrected chi connectivity index (χ2v) is 4.37. The molecule has 2 atom stereocenters. The monoisotopic (exact) mass is 215 g/mol. The minimum absolute atomic E-state index is 0.103. The number of unbranched alkanes of at least 4 members (excludes halogenated alkanes) is 1. The minimum atomic E-state index is -0.366. The van der Waals surface area contributed by atoms with Crippen molar-refractivity contribution in [3.05, 3.63) is 35.9 Å². The summed E-state index contributed by atoms with van der Waals surface area (Å²) in [6, 6.07) is 12.4. The van der Waals surface area contributed by atoms with Gasteiger partial charge in [0.2, 0.25) is 0 Å². The molecule has 0 spiro atoms. The molecule has 1 aromatic rings. The largest absolute Gasteiger partial charge is 0.376 e. The Labute approximate surface area is 96.9 Å². The second kappa shape index (κ2) is 4.67. The van der Waals surface area contributed by atoms with E-state index in [1.54, 1.807) is 0 Å². The molecule has 16 heavy (non-hydrogen) atoms. The van der Waals surface area contributed by atoms with Crippen molar-refractivity contribution >= 4 is 0 Å². The Morgan fingerprint density at radius 1 is 1.44 bits per heavy atom. The van der Waals surface area contributed by atoms with Crippen molar-refractivity contribution in [1.29, 1.82) is 5.26 Å². The summed E-state index contributed by atoms with van der Waals surface area (Å²) < 4.78 is 5.73. The molecule has 2 rings (SSSR count). The van der Waals surface area contributed by atoms with Gasteiger partial charge in [0.1, 0.15) is 5.41 Å². The first-order valence-corrected chi connectivity index (χ1v) is 5.92. The van der Waals surface area contributed by atoms with E-state index in [-0.39, 0.29) is 11.5 Å². The molecule has 0 radical (unpaired) electrons. The number of rotatable bonds is 5. The predicted molar refractivity (Wildman–Crippen MR) is 63.0 cm³/mol. The maximum Gasteiger partial charge on any atom is 0.111 e. The summed E-state index contributed by atoms with van der Waals surface area (Å²) >= 11 is 0. The first-order chi connectivity index (χ1) is 7.83. The van der Waals surface area contributed by atoms with Gasteiger partial charge in [-0.3, -0.25) is 0 Å². The molecule has 0 N–H and O–H groups in total. The summed E-state index contributed by atoms with van der Waals surface area (Å²) in [5, 5.41) is 9.31. The zero-order chi connectivity index (χ0) is 11.4. The first-order valence-electron chi connectivity index (χ1n) is 5.92. The number of hydrogen-bond donors (Lipinski definition) is 0. The van der Waals surface area contributed by atoms with Gasteiger partial charge in [-0.2, -0.15) is 5.26 Å². The molecule has 0 bridgehead atoms. The van der Waals surface area contributed by atoms with Crippen molar-refractivity contribution < 1.29 is 4.74 Å². The third-order valence-electron chi connectivity index (χ3n) is 3.20. The van der Waals surface area contributed by atoms with Crippen LogP contribution < -0.4 is 0 Å². The van der Waals surface area contributed by atoms with E-state index in [0.717, 1.165) is 31.4 Å². The van der Waals surface area contributed by atoms with Crippen LogP contribution in [0.25, 0.3) is 0 Å². The average Bonchev–Trinajstić information content (AvgIpc) is 3.06. The third kappa shape index (κ3) is 1.96. The number of nitrogens with zero attached hydrogens (tertiary/aromatic N) is 1. The maximum absolute atomic E-state index is 9.31.